The van der Waals surface area contributed by atoms with Crippen molar-refractivity contribution in [3.05, 3.63) is 0 Å². The van der Waals surface area contributed by atoms with Crippen molar-refractivity contribution < 1.29 is 5.11 Å². The number of alkyl halides is 1. The molecule has 0 amide bonds. The van der Waals surface area contributed by atoms with E-state index in [1.807, 2.05) is 0 Å². The average molecular weight is 255 g/mol. The Morgan fingerprint density at radius 2 is 2.00 bits per heavy atom. The highest BCUT2D eigenvalue weighted by molar-refractivity contribution is 14.1. The van der Waals surface area contributed by atoms with Crippen molar-refractivity contribution in [1.82, 2.24) is 4.90 Å². The van der Waals surface area contributed by atoms with Crippen molar-refractivity contribution in [3.8, 4) is 0 Å². The van der Waals surface area contributed by atoms with Crippen LogP contribution in [0.3, 0.4) is 0 Å². The zero-order valence-electron chi connectivity index (χ0n) is 6.09. The van der Waals surface area contributed by atoms with Crippen LogP contribution < -0.4 is 0 Å². The summed E-state index contributed by atoms with van der Waals surface area (Å²) in [4.78, 5) is 2.42. The number of rotatable bonds is 2. The SMILES string of the molecule is OCC1CCN(CI)CC1. The summed E-state index contributed by atoms with van der Waals surface area (Å²) < 4.78 is 1.13. The van der Waals surface area contributed by atoms with Gasteiger partial charge in [-0.2, -0.15) is 0 Å². The maximum Gasteiger partial charge on any atom is 0.0505 e. The summed E-state index contributed by atoms with van der Waals surface area (Å²) >= 11 is 2.39. The quantitative estimate of drug-likeness (QED) is 0.453. The molecule has 0 aromatic heterocycles. The number of hydrogen-bond donors (Lipinski definition) is 1. The monoisotopic (exact) mass is 255 g/mol. The number of hydrogen-bond acceptors (Lipinski definition) is 2. The van der Waals surface area contributed by atoms with Crippen molar-refractivity contribution in [2.24, 2.45) is 5.92 Å². The molecule has 10 heavy (non-hydrogen) atoms. The van der Waals surface area contributed by atoms with Crippen molar-refractivity contribution in [3.63, 3.8) is 0 Å². The first kappa shape index (κ1) is 8.74. The summed E-state index contributed by atoms with van der Waals surface area (Å²) in [6.07, 6.45) is 2.36. The lowest BCUT2D eigenvalue weighted by Gasteiger charge is -2.29. The first-order chi connectivity index (χ1) is 4.86. The molecule has 0 unspecified atom stereocenters. The summed E-state index contributed by atoms with van der Waals surface area (Å²) in [7, 11) is 0. The van der Waals surface area contributed by atoms with Gasteiger partial charge in [-0.1, -0.05) is 22.6 Å². The van der Waals surface area contributed by atoms with Crippen LogP contribution >= 0.6 is 22.6 Å². The summed E-state index contributed by atoms with van der Waals surface area (Å²) in [6, 6.07) is 0. The minimum absolute atomic E-state index is 0.384. The Balaban J connectivity index is 2.17. The molecule has 0 atom stereocenters. The molecule has 1 aliphatic rings. The molecule has 0 spiro atoms. The van der Waals surface area contributed by atoms with Gasteiger partial charge in [-0.25, -0.2) is 0 Å². The van der Waals surface area contributed by atoms with Gasteiger partial charge in [0.25, 0.3) is 0 Å². The Morgan fingerprint density at radius 1 is 1.40 bits per heavy atom. The predicted octanol–water partition coefficient (Wildman–Crippen LogP) is 1.08. The van der Waals surface area contributed by atoms with E-state index < -0.39 is 0 Å². The minimum Gasteiger partial charge on any atom is -0.396 e. The third-order valence-electron chi connectivity index (χ3n) is 2.13. The first-order valence-electron chi connectivity index (χ1n) is 3.76. The molecule has 0 aromatic rings. The maximum atomic E-state index is 8.83. The van der Waals surface area contributed by atoms with E-state index in [1.54, 1.807) is 0 Å². The highest BCUT2D eigenvalue weighted by Gasteiger charge is 2.16. The van der Waals surface area contributed by atoms with E-state index in [9.17, 15) is 0 Å². The van der Waals surface area contributed by atoms with Crippen molar-refractivity contribution in [2.75, 3.05) is 24.2 Å². The zero-order chi connectivity index (χ0) is 7.40. The third-order valence-corrected chi connectivity index (χ3v) is 3.10. The normalized spacial score (nSPS) is 23.4. The number of nitrogens with zero attached hydrogens (tertiary/aromatic N) is 1. The Bertz CT molecular complexity index is 79.6. The highest BCUT2D eigenvalue weighted by atomic mass is 127. The molecule has 60 valence electrons. The second kappa shape index (κ2) is 4.51. The molecule has 2 nitrogen and oxygen atoms in total. The van der Waals surface area contributed by atoms with Crippen LogP contribution in [-0.4, -0.2) is 34.3 Å². The molecule has 1 saturated heterocycles. The molecule has 1 fully saturated rings. The Labute approximate surface area is 75.7 Å². The van der Waals surface area contributed by atoms with Crippen molar-refractivity contribution in [2.45, 2.75) is 12.8 Å². The van der Waals surface area contributed by atoms with Crippen LogP contribution in [0.2, 0.25) is 0 Å². The smallest absolute Gasteiger partial charge is 0.0505 e. The third kappa shape index (κ3) is 2.36. The fraction of sp³-hybridized carbons (Fsp3) is 1.00. The Kier molecular flexibility index (Phi) is 3.95. The lowest BCUT2D eigenvalue weighted by Crippen LogP contribution is -2.33. The predicted molar refractivity (Wildman–Crippen MR) is 50.3 cm³/mol. The molecule has 0 aromatic carbocycles. The number of aliphatic hydroxyl groups is 1. The van der Waals surface area contributed by atoms with Gasteiger partial charge in [0.15, 0.2) is 0 Å². The summed E-state index contributed by atoms with van der Waals surface area (Å²) in [5.41, 5.74) is 0. The maximum absolute atomic E-state index is 8.83. The van der Waals surface area contributed by atoms with E-state index in [1.165, 1.54) is 25.9 Å². The van der Waals surface area contributed by atoms with Gasteiger partial charge in [0.2, 0.25) is 0 Å². The second-order valence-corrected chi connectivity index (χ2v) is 3.55. The van der Waals surface area contributed by atoms with Crippen molar-refractivity contribution in [1.29, 1.82) is 0 Å². The molecular weight excluding hydrogens is 241 g/mol. The molecule has 1 aliphatic heterocycles. The zero-order valence-corrected chi connectivity index (χ0v) is 8.25. The fourth-order valence-electron chi connectivity index (χ4n) is 1.29. The minimum atomic E-state index is 0.384. The number of piperidine rings is 1. The fourth-order valence-corrected chi connectivity index (χ4v) is 1.97. The molecular formula is C7H14INO. The lowest BCUT2D eigenvalue weighted by molar-refractivity contribution is 0.146. The average Bonchev–Trinajstić information content (AvgIpc) is 2.05. The van der Waals surface area contributed by atoms with E-state index >= 15 is 0 Å². The number of halogens is 1. The molecule has 3 heteroatoms. The van der Waals surface area contributed by atoms with Crippen LogP contribution in [0.15, 0.2) is 0 Å². The lowest BCUT2D eigenvalue weighted by atomic mass is 9.98. The van der Waals surface area contributed by atoms with E-state index in [-0.39, 0.29) is 0 Å². The number of aliphatic hydroxyl groups excluding tert-OH is 1. The largest absolute Gasteiger partial charge is 0.396 e. The Morgan fingerprint density at radius 3 is 2.40 bits per heavy atom. The van der Waals surface area contributed by atoms with Crippen LogP contribution in [0.1, 0.15) is 12.8 Å². The standard InChI is InChI=1S/C7H14INO/c8-6-9-3-1-7(5-10)2-4-9/h7,10H,1-6H2. The van der Waals surface area contributed by atoms with E-state index in [2.05, 4.69) is 27.5 Å². The van der Waals surface area contributed by atoms with Crippen LogP contribution in [0.4, 0.5) is 0 Å². The molecule has 1 heterocycles. The van der Waals surface area contributed by atoms with Crippen LogP contribution in [-0.2, 0) is 0 Å². The van der Waals surface area contributed by atoms with Crippen LogP contribution in [0.25, 0.3) is 0 Å². The van der Waals surface area contributed by atoms with Crippen LogP contribution in [0, 0.1) is 5.92 Å². The van der Waals surface area contributed by atoms with Gasteiger partial charge in [-0.15, -0.1) is 0 Å². The van der Waals surface area contributed by atoms with Gasteiger partial charge >= 0.3 is 0 Å². The highest BCUT2D eigenvalue weighted by Crippen LogP contribution is 2.16. The molecule has 1 N–H and O–H groups in total. The van der Waals surface area contributed by atoms with E-state index in [4.69, 9.17) is 5.11 Å². The van der Waals surface area contributed by atoms with E-state index in [0.717, 1.165) is 4.55 Å². The summed E-state index contributed by atoms with van der Waals surface area (Å²) in [5.74, 6) is 0.583. The van der Waals surface area contributed by atoms with Gasteiger partial charge in [0.05, 0.1) is 4.55 Å². The van der Waals surface area contributed by atoms with Crippen LogP contribution in [0.5, 0.6) is 0 Å². The van der Waals surface area contributed by atoms with Gasteiger partial charge < -0.3 is 5.11 Å². The van der Waals surface area contributed by atoms with Gasteiger partial charge in [-0.3, -0.25) is 4.90 Å². The summed E-state index contributed by atoms with van der Waals surface area (Å²) in [6.45, 7) is 2.73. The molecule has 0 saturated carbocycles. The summed E-state index contributed by atoms with van der Waals surface area (Å²) in [5, 5.41) is 8.83. The van der Waals surface area contributed by atoms with Gasteiger partial charge in [0.1, 0.15) is 0 Å². The van der Waals surface area contributed by atoms with E-state index in [0.29, 0.717) is 12.5 Å². The van der Waals surface area contributed by atoms with Gasteiger partial charge in [0, 0.05) is 6.61 Å². The molecule has 1 rings (SSSR count). The topological polar surface area (TPSA) is 23.5 Å². The van der Waals surface area contributed by atoms with Crippen molar-refractivity contribution >= 4 is 22.6 Å². The number of likely N-dealkylation sites (tertiary alicyclic amines) is 1. The first-order valence-corrected chi connectivity index (χ1v) is 5.28. The Hall–Kier alpha value is 0.650. The molecule has 0 aliphatic carbocycles. The molecule has 0 radical (unpaired) electrons. The van der Waals surface area contributed by atoms with Gasteiger partial charge in [-0.05, 0) is 31.8 Å². The molecule has 0 bridgehead atoms. The second-order valence-electron chi connectivity index (χ2n) is 2.86.